The van der Waals surface area contributed by atoms with Gasteiger partial charge in [0.1, 0.15) is 5.75 Å². The molecule has 0 atom stereocenters. The molecule has 4 aromatic carbocycles. The molecule has 4 rings (SSSR count). The van der Waals surface area contributed by atoms with E-state index in [1.165, 1.54) is 0 Å². The zero-order chi connectivity index (χ0) is 19.2. The van der Waals surface area contributed by atoms with Crippen molar-refractivity contribution < 1.29 is 9.53 Å². The second-order valence-electron chi connectivity index (χ2n) is 6.29. The third-order valence-corrected chi connectivity index (χ3v) is 4.53. The number of benzene rings is 4. The van der Waals surface area contributed by atoms with E-state index in [9.17, 15) is 4.79 Å². The van der Waals surface area contributed by atoms with Crippen molar-refractivity contribution in [3.05, 3.63) is 109 Å². The molecule has 0 aliphatic rings. The fourth-order valence-corrected chi connectivity index (χ4v) is 3.19. The van der Waals surface area contributed by atoms with Gasteiger partial charge in [-0.2, -0.15) is 0 Å². The van der Waals surface area contributed by atoms with Crippen LogP contribution in [0.15, 0.2) is 109 Å². The van der Waals surface area contributed by atoms with Gasteiger partial charge in [-0.3, -0.25) is 4.79 Å². The molecule has 0 aliphatic carbocycles. The molecule has 4 aromatic rings. The Bertz CT molecular complexity index is 988. The van der Waals surface area contributed by atoms with Crippen LogP contribution >= 0.6 is 0 Å². The van der Waals surface area contributed by atoms with E-state index in [1.54, 1.807) is 12.1 Å². The Morgan fingerprint density at radius 1 is 0.536 bits per heavy atom. The summed E-state index contributed by atoms with van der Waals surface area (Å²) in [7, 11) is 0. The van der Waals surface area contributed by atoms with Gasteiger partial charge in [-0.15, -0.1) is 0 Å². The van der Waals surface area contributed by atoms with Crippen LogP contribution in [-0.4, -0.2) is 6.47 Å². The summed E-state index contributed by atoms with van der Waals surface area (Å²) in [6.07, 6.45) is 0. The Labute approximate surface area is 164 Å². The third-order valence-electron chi connectivity index (χ3n) is 4.53. The van der Waals surface area contributed by atoms with Crippen LogP contribution in [-0.2, 0) is 4.79 Å². The highest BCUT2D eigenvalue weighted by Crippen LogP contribution is 2.35. The maximum absolute atomic E-state index is 10.4. The quantitative estimate of drug-likeness (QED) is 0.372. The maximum Gasteiger partial charge on any atom is 0.298 e. The fraction of sp³-hybridized carbons (Fsp3) is 0. The van der Waals surface area contributed by atoms with Gasteiger partial charge in [0, 0.05) is 17.1 Å². The van der Waals surface area contributed by atoms with Gasteiger partial charge in [-0.25, -0.2) is 0 Å². The minimum atomic E-state index is 0.436. The minimum Gasteiger partial charge on any atom is -0.429 e. The van der Waals surface area contributed by atoms with Crippen molar-refractivity contribution in [2.75, 3.05) is 4.90 Å². The van der Waals surface area contributed by atoms with E-state index in [0.717, 1.165) is 28.2 Å². The van der Waals surface area contributed by atoms with Crippen LogP contribution in [0.25, 0.3) is 11.1 Å². The molecule has 3 heteroatoms. The lowest BCUT2D eigenvalue weighted by molar-refractivity contribution is -0.120. The predicted molar refractivity (Wildman–Crippen MR) is 113 cm³/mol. The van der Waals surface area contributed by atoms with Crippen molar-refractivity contribution in [2.24, 2.45) is 0 Å². The van der Waals surface area contributed by atoms with Gasteiger partial charge in [0.2, 0.25) is 0 Å². The lowest BCUT2D eigenvalue weighted by Crippen LogP contribution is -2.09. The Morgan fingerprint density at radius 2 is 0.964 bits per heavy atom. The molecular formula is C25H19NO2. The second-order valence-corrected chi connectivity index (χ2v) is 6.29. The minimum absolute atomic E-state index is 0.436. The number of ether oxygens (including phenoxy) is 1. The van der Waals surface area contributed by atoms with Gasteiger partial charge in [0.25, 0.3) is 6.47 Å². The molecule has 0 amide bonds. The fourth-order valence-electron chi connectivity index (χ4n) is 3.19. The molecule has 0 spiro atoms. The summed E-state index contributed by atoms with van der Waals surface area (Å²) in [6.45, 7) is 0.436. The molecule has 0 N–H and O–H groups in total. The number of carbonyl (C=O) groups is 1. The van der Waals surface area contributed by atoms with Gasteiger partial charge in [-0.1, -0.05) is 60.7 Å². The van der Waals surface area contributed by atoms with Crippen molar-refractivity contribution in [1.82, 2.24) is 0 Å². The summed E-state index contributed by atoms with van der Waals surface area (Å²) in [6, 6.07) is 36.5. The summed E-state index contributed by atoms with van der Waals surface area (Å²) in [5.41, 5.74) is 5.47. The van der Waals surface area contributed by atoms with Gasteiger partial charge in [0.05, 0.1) is 0 Å². The van der Waals surface area contributed by atoms with Crippen LogP contribution in [0, 0.1) is 0 Å². The number of hydrogen-bond donors (Lipinski definition) is 0. The van der Waals surface area contributed by atoms with Crippen molar-refractivity contribution in [2.45, 2.75) is 0 Å². The normalized spacial score (nSPS) is 10.3. The van der Waals surface area contributed by atoms with E-state index in [-0.39, 0.29) is 0 Å². The molecule has 0 unspecified atom stereocenters. The number of carbonyl (C=O) groups excluding carboxylic acids is 1. The highest BCUT2D eigenvalue weighted by Gasteiger charge is 2.11. The highest BCUT2D eigenvalue weighted by molar-refractivity contribution is 5.78. The molecule has 28 heavy (non-hydrogen) atoms. The summed E-state index contributed by atoms with van der Waals surface area (Å²) in [5.74, 6) is 0.537. The van der Waals surface area contributed by atoms with E-state index >= 15 is 0 Å². The Kier molecular flexibility index (Phi) is 5.16. The first kappa shape index (κ1) is 17.6. The molecule has 0 bridgehead atoms. The molecular weight excluding hydrogens is 346 g/mol. The topological polar surface area (TPSA) is 29.5 Å². The van der Waals surface area contributed by atoms with E-state index < -0.39 is 0 Å². The van der Waals surface area contributed by atoms with Crippen LogP contribution in [0.2, 0.25) is 0 Å². The molecule has 0 saturated heterocycles. The summed E-state index contributed by atoms with van der Waals surface area (Å²) >= 11 is 0. The van der Waals surface area contributed by atoms with Gasteiger partial charge < -0.3 is 9.64 Å². The first-order chi connectivity index (χ1) is 13.8. The summed E-state index contributed by atoms with van der Waals surface area (Å²) < 4.78 is 4.86. The van der Waals surface area contributed by atoms with Gasteiger partial charge >= 0.3 is 0 Å². The van der Waals surface area contributed by atoms with Crippen LogP contribution in [0.3, 0.4) is 0 Å². The standard InChI is InChI=1S/C25H19NO2/c27-19-28-25-17-13-21(14-18-25)20-11-15-24(16-12-20)26(22-7-3-1-4-8-22)23-9-5-2-6-10-23/h1-19H. The zero-order valence-corrected chi connectivity index (χ0v) is 15.2. The van der Waals surface area contributed by atoms with E-state index in [4.69, 9.17) is 4.74 Å². The molecule has 0 radical (unpaired) electrons. The third kappa shape index (κ3) is 3.79. The molecule has 0 aliphatic heterocycles. The molecule has 0 saturated carbocycles. The average Bonchev–Trinajstić information content (AvgIpc) is 2.77. The van der Waals surface area contributed by atoms with Crippen molar-refractivity contribution in [1.29, 1.82) is 0 Å². The average molecular weight is 365 g/mol. The molecule has 3 nitrogen and oxygen atoms in total. The van der Waals surface area contributed by atoms with Crippen LogP contribution < -0.4 is 9.64 Å². The lowest BCUT2D eigenvalue weighted by Gasteiger charge is -2.25. The van der Waals surface area contributed by atoms with Gasteiger partial charge in [-0.05, 0) is 59.7 Å². The van der Waals surface area contributed by atoms with Crippen molar-refractivity contribution >= 4 is 23.5 Å². The second kappa shape index (κ2) is 8.23. The maximum atomic E-state index is 10.4. The van der Waals surface area contributed by atoms with Crippen LogP contribution in [0.5, 0.6) is 5.75 Å². The zero-order valence-electron chi connectivity index (χ0n) is 15.2. The Hall–Kier alpha value is -3.85. The SMILES string of the molecule is O=COc1ccc(-c2ccc(N(c3ccccc3)c3ccccc3)cc2)cc1. The summed E-state index contributed by atoms with van der Waals surface area (Å²) in [5, 5.41) is 0. The molecule has 0 aromatic heterocycles. The van der Waals surface area contributed by atoms with Crippen LogP contribution in [0.1, 0.15) is 0 Å². The predicted octanol–water partition coefficient (Wildman–Crippen LogP) is 6.36. The summed E-state index contributed by atoms with van der Waals surface area (Å²) in [4.78, 5) is 12.7. The first-order valence-electron chi connectivity index (χ1n) is 9.06. The van der Waals surface area contributed by atoms with E-state index in [0.29, 0.717) is 12.2 Å². The number of rotatable bonds is 6. The number of para-hydroxylation sites is 2. The molecule has 0 heterocycles. The molecule has 136 valence electrons. The van der Waals surface area contributed by atoms with E-state index in [2.05, 4.69) is 53.4 Å². The smallest absolute Gasteiger partial charge is 0.298 e. The Morgan fingerprint density at radius 3 is 1.43 bits per heavy atom. The van der Waals surface area contributed by atoms with Crippen molar-refractivity contribution in [3.63, 3.8) is 0 Å². The highest BCUT2D eigenvalue weighted by atomic mass is 16.5. The first-order valence-corrected chi connectivity index (χ1v) is 9.06. The largest absolute Gasteiger partial charge is 0.429 e. The van der Waals surface area contributed by atoms with Gasteiger partial charge in [0.15, 0.2) is 0 Å². The molecule has 0 fully saturated rings. The lowest BCUT2D eigenvalue weighted by atomic mass is 10.0. The van der Waals surface area contributed by atoms with E-state index in [1.807, 2.05) is 48.5 Å². The number of anilines is 3. The van der Waals surface area contributed by atoms with Crippen LogP contribution in [0.4, 0.5) is 17.1 Å². The number of nitrogens with zero attached hydrogens (tertiary/aromatic N) is 1. The monoisotopic (exact) mass is 365 g/mol. The number of hydrogen-bond acceptors (Lipinski definition) is 3. The van der Waals surface area contributed by atoms with Crippen molar-refractivity contribution in [3.8, 4) is 16.9 Å². The Balaban J connectivity index is 1.67.